The van der Waals surface area contributed by atoms with Crippen LogP contribution in [0.4, 0.5) is 5.69 Å². The Bertz CT molecular complexity index is 814. The molecule has 0 saturated heterocycles. The monoisotopic (exact) mass is 377 g/mol. The number of carbonyl (C=O) groups excluding carboxylic acids is 1. The maximum absolute atomic E-state index is 12.3. The number of aliphatic imine (C=N–C) groups is 1. The van der Waals surface area contributed by atoms with Crippen molar-refractivity contribution in [1.82, 2.24) is 0 Å². The van der Waals surface area contributed by atoms with Crippen LogP contribution in [-0.4, -0.2) is 42.4 Å². The van der Waals surface area contributed by atoms with E-state index >= 15 is 0 Å². The van der Waals surface area contributed by atoms with Gasteiger partial charge in [0.1, 0.15) is 11.6 Å². The van der Waals surface area contributed by atoms with Crippen molar-refractivity contribution in [3.8, 4) is 0 Å². The third kappa shape index (κ3) is 4.17. The van der Waals surface area contributed by atoms with E-state index in [1.54, 1.807) is 6.92 Å². The van der Waals surface area contributed by atoms with E-state index in [1.807, 2.05) is 0 Å². The van der Waals surface area contributed by atoms with E-state index in [2.05, 4.69) is 4.99 Å². The molecule has 2 atom stereocenters. The average molecular weight is 377 g/mol. The number of non-ortho nitro benzene ring substituents is 1. The summed E-state index contributed by atoms with van der Waals surface area (Å²) >= 11 is 0. The van der Waals surface area contributed by atoms with Crippen molar-refractivity contribution < 1.29 is 24.1 Å². The number of carbonyl (C=O) groups is 1. The number of nitrogens with zero attached hydrogens (tertiary/aromatic N) is 3. The minimum atomic E-state index is -0.997. The van der Waals surface area contributed by atoms with Crippen LogP contribution in [-0.2, 0) is 14.3 Å². The van der Waals surface area contributed by atoms with E-state index in [1.165, 1.54) is 38.5 Å². The molecule has 0 amide bonds. The van der Waals surface area contributed by atoms with Gasteiger partial charge in [-0.1, -0.05) is 12.1 Å². The topological polar surface area (TPSA) is 134 Å². The maximum atomic E-state index is 12.3. The van der Waals surface area contributed by atoms with Crippen molar-refractivity contribution in [2.75, 3.05) is 20.8 Å². The second kappa shape index (κ2) is 8.49. The molecule has 144 valence electrons. The SMILES string of the molecule is COCCC1=C([N+](=O)[O-])C(c2ccc([N+](=O)[O-])cc2)C(C(=O)OC)C(C)=N1. The van der Waals surface area contributed by atoms with Crippen molar-refractivity contribution in [1.29, 1.82) is 0 Å². The number of nitro groups is 2. The standard InChI is InChI=1S/C17H19N3O7/c1-10-14(17(21)27-3)15(11-4-6-12(7-5-11)19(22)23)16(20(24)25)13(18-10)8-9-26-2/h4-7,14-15H,8-9H2,1-3H3. The highest BCUT2D eigenvalue weighted by molar-refractivity contribution is 6.03. The van der Waals surface area contributed by atoms with Gasteiger partial charge in [-0.25, -0.2) is 0 Å². The van der Waals surface area contributed by atoms with Crippen LogP contribution in [0.1, 0.15) is 24.8 Å². The molecule has 1 aliphatic rings. The van der Waals surface area contributed by atoms with Crippen molar-refractivity contribution in [3.05, 3.63) is 61.5 Å². The normalized spacial score (nSPS) is 19.4. The highest BCUT2D eigenvalue weighted by Crippen LogP contribution is 2.40. The predicted octanol–water partition coefficient (Wildman–Crippen LogP) is 2.47. The first kappa shape index (κ1) is 20.2. The van der Waals surface area contributed by atoms with Crippen molar-refractivity contribution in [2.24, 2.45) is 10.9 Å². The van der Waals surface area contributed by atoms with Gasteiger partial charge in [0.25, 0.3) is 11.4 Å². The number of rotatable bonds is 7. The maximum Gasteiger partial charge on any atom is 0.315 e. The molecule has 2 rings (SSSR count). The molecule has 0 radical (unpaired) electrons. The number of hydrogen-bond acceptors (Lipinski definition) is 8. The Labute approximate surface area is 154 Å². The summed E-state index contributed by atoms with van der Waals surface area (Å²) in [7, 11) is 2.66. The first-order valence-corrected chi connectivity index (χ1v) is 8.05. The fourth-order valence-corrected chi connectivity index (χ4v) is 3.11. The largest absolute Gasteiger partial charge is 0.468 e. The van der Waals surface area contributed by atoms with Gasteiger partial charge in [-0.15, -0.1) is 0 Å². The first-order chi connectivity index (χ1) is 12.8. The lowest BCUT2D eigenvalue weighted by Gasteiger charge is -2.28. The van der Waals surface area contributed by atoms with Gasteiger partial charge in [0.2, 0.25) is 0 Å². The lowest BCUT2D eigenvalue weighted by molar-refractivity contribution is -0.432. The molecule has 0 N–H and O–H groups in total. The smallest absolute Gasteiger partial charge is 0.315 e. The van der Waals surface area contributed by atoms with E-state index in [-0.39, 0.29) is 30.1 Å². The van der Waals surface area contributed by atoms with Crippen LogP contribution in [0.3, 0.4) is 0 Å². The third-order valence-electron chi connectivity index (χ3n) is 4.34. The number of hydrogen-bond donors (Lipinski definition) is 0. The van der Waals surface area contributed by atoms with Crippen LogP contribution < -0.4 is 0 Å². The first-order valence-electron chi connectivity index (χ1n) is 8.05. The fraction of sp³-hybridized carbons (Fsp3) is 0.412. The summed E-state index contributed by atoms with van der Waals surface area (Å²) in [5.74, 6) is -2.63. The number of esters is 1. The minimum absolute atomic E-state index is 0.152. The number of benzene rings is 1. The Morgan fingerprint density at radius 3 is 2.26 bits per heavy atom. The highest BCUT2D eigenvalue weighted by atomic mass is 16.6. The second-order valence-electron chi connectivity index (χ2n) is 5.91. The molecular formula is C17H19N3O7. The zero-order chi connectivity index (χ0) is 20.1. The van der Waals surface area contributed by atoms with Gasteiger partial charge in [0.15, 0.2) is 0 Å². The number of nitro benzene ring substituents is 1. The van der Waals surface area contributed by atoms with Crippen LogP contribution in [0, 0.1) is 26.1 Å². The lowest BCUT2D eigenvalue weighted by atomic mass is 9.78. The van der Waals surface area contributed by atoms with Crippen LogP contribution in [0.15, 0.2) is 40.7 Å². The Morgan fingerprint density at radius 1 is 1.15 bits per heavy atom. The van der Waals surface area contributed by atoms with Gasteiger partial charge < -0.3 is 9.47 Å². The van der Waals surface area contributed by atoms with E-state index in [0.717, 1.165) is 0 Å². The summed E-state index contributed by atoms with van der Waals surface area (Å²) in [5.41, 5.74) is 0.597. The summed E-state index contributed by atoms with van der Waals surface area (Å²) in [4.78, 5) is 38.2. The zero-order valence-electron chi connectivity index (χ0n) is 15.1. The molecule has 0 spiro atoms. The second-order valence-corrected chi connectivity index (χ2v) is 5.91. The summed E-state index contributed by atoms with van der Waals surface area (Å²) < 4.78 is 9.81. The number of allylic oxidation sites excluding steroid dienone is 1. The Morgan fingerprint density at radius 2 is 1.78 bits per heavy atom. The van der Waals surface area contributed by atoms with Gasteiger partial charge in [0, 0.05) is 31.4 Å². The molecule has 10 nitrogen and oxygen atoms in total. The van der Waals surface area contributed by atoms with E-state index in [9.17, 15) is 25.0 Å². The Kier molecular flexibility index (Phi) is 6.35. The molecule has 2 unspecified atom stereocenters. The predicted molar refractivity (Wildman–Crippen MR) is 95.0 cm³/mol. The van der Waals surface area contributed by atoms with E-state index in [0.29, 0.717) is 11.3 Å². The molecule has 1 aromatic carbocycles. The molecule has 1 heterocycles. The van der Waals surface area contributed by atoms with Crippen molar-refractivity contribution in [2.45, 2.75) is 19.3 Å². The van der Waals surface area contributed by atoms with E-state index < -0.39 is 27.7 Å². The van der Waals surface area contributed by atoms with Gasteiger partial charge in [-0.05, 0) is 12.5 Å². The number of ether oxygens (including phenoxy) is 2. The highest BCUT2D eigenvalue weighted by Gasteiger charge is 2.45. The lowest BCUT2D eigenvalue weighted by Crippen LogP contribution is -2.36. The third-order valence-corrected chi connectivity index (χ3v) is 4.34. The van der Waals surface area contributed by atoms with Crippen LogP contribution >= 0.6 is 0 Å². The van der Waals surface area contributed by atoms with Gasteiger partial charge in [-0.2, -0.15) is 0 Å². The van der Waals surface area contributed by atoms with Gasteiger partial charge >= 0.3 is 5.97 Å². The van der Waals surface area contributed by atoms with Gasteiger partial charge in [0.05, 0.1) is 29.5 Å². The quantitative estimate of drug-likeness (QED) is 0.404. The molecule has 1 aromatic rings. The van der Waals surface area contributed by atoms with Crippen molar-refractivity contribution in [3.63, 3.8) is 0 Å². The summed E-state index contributed by atoms with van der Waals surface area (Å²) in [5, 5.41) is 22.7. The van der Waals surface area contributed by atoms with Crippen LogP contribution in [0.5, 0.6) is 0 Å². The Hall–Kier alpha value is -3.14. The van der Waals surface area contributed by atoms with Crippen molar-refractivity contribution >= 4 is 17.4 Å². The summed E-state index contributed by atoms with van der Waals surface area (Å²) in [6, 6.07) is 5.32. The number of methoxy groups -OCH3 is 2. The zero-order valence-corrected chi connectivity index (χ0v) is 15.1. The van der Waals surface area contributed by atoms with Crippen LogP contribution in [0.25, 0.3) is 0 Å². The molecule has 1 aliphatic heterocycles. The molecule has 10 heteroatoms. The fourth-order valence-electron chi connectivity index (χ4n) is 3.11. The summed E-state index contributed by atoms with van der Waals surface area (Å²) in [6.07, 6.45) is 0.196. The molecule has 0 aromatic heterocycles. The molecule has 0 fully saturated rings. The average Bonchev–Trinajstić information content (AvgIpc) is 2.64. The molecule has 0 aliphatic carbocycles. The molecule has 0 saturated carbocycles. The molecule has 27 heavy (non-hydrogen) atoms. The van der Waals surface area contributed by atoms with Gasteiger partial charge in [-0.3, -0.25) is 30.0 Å². The van der Waals surface area contributed by atoms with E-state index in [4.69, 9.17) is 9.47 Å². The van der Waals surface area contributed by atoms with Crippen LogP contribution in [0.2, 0.25) is 0 Å². The molecule has 0 bridgehead atoms. The minimum Gasteiger partial charge on any atom is -0.468 e. The summed E-state index contributed by atoms with van der Waals surface area (Å²) in [6.45, 7) is 1.82. The molecular weight excluding hydrogens is 358 g/mol. The Balaban J connectivity index is 2.64.